The number of nitrogens with zero attached hydrogens (tertiary/aromatic N) is 2. The van der Waals surface area contributed by atoms with Gasteiger partial charge in [0.05, 0.1) is 0 Å². The first kappa shape index (κ1) is 13.8. The highest BCUT2D eigenvalue weighted by atomic mass is 15.3. The molecule has 0 aliphatic heterocycles. The predicted octanol–water partition coefficient (Wildman–Crippen LogP) is 3.32. The van der Waals surface area contributed by atoms with E-state index >= 15 is 0 Å². The third kappa shape index (κ3) is 4.21. The molecule has 1 unspecified atom stereocenters. The van der Waals surface area contributed by atoms with E-state index < -0.39 is 0 Å². The lowest BCUT2D eigenvalue weighted by Crippen LogP contribution is -2.22. The molecule has 0 radical (unpaired) electrons. The van der Waals surface area contributed by atoms with Gasteiger partial charge in [0.15, 0.2) is 0 Å². The topological polar surface area (TPSA) is 29.9 Å². The van der Waals surface area contributed by atoms with E-state index in [1.807, 2.05) is 23.1 Å². The van der Waals surface area contributed by atoms with Gasteiger partial charge in [0.2, 0.25) is 0 Å². The van der Waals surface area contributed by atoms with E-state index in [9.17, 15) is 0 Å². The molecular formula is C16H23N3. The maximum Gasteiger partial charge on any atom is 0.0489 e. The fraction of sp³-hybridized carbons (Fsp3) is 0.438. The zero-order valence-electron chi connectivity index (χ0n) is 11.8. The molecule has 2 rings (SSSR count). The largest absolute Gasteiger partial charge is 0.310 e. The molecule has 0 bridgehead atoms. The van der Waals surface area contributed by atoms with Crippen LogP contribution in [-0.4, -0.2) is 16.3 Å². The zero-order chi connectivity index (χ0) is 13.5. The molecule has 1 N–H and O–H groups in total. The number of nitrogens with one attached hydrogen (secondary N) is 1. The fourth-order valence-electron chi connectivity index (χ4n) is 2.25. The van der Waals surface area contributed by atoms with Crippen molar-refractivity contribution in [1.82, 2.24) is 15.1 Å². The summed E-state index contributed by atoms with van der Waals surface area (Å²) in [6.45, 7) is 6.35. The van der Waals surface area contributed by atoms with Crippen molar-refractivity contribution >= 4 is 0 Å². The van der Waals surface area contributed by atoms with Crippen LogP contribution in [0.3, 0.4) is 0 Å². The van der Waals surface area contributed by atoms with E-state index in [0.29, 0.717) is 6.04 Å². The van der Waals surface area contributed by atoms with Crippen LogP contribution in [0.1, 0.15) is 36.9 Å². The van der Waals surface area contributed by atoms with E-state index in [0.717, 1.165) is 25.9 Å². The lowest BCUT2D eigenvalue weighted by Gasteiger charge is -2.17. The Morgan fingerprint density at radius 1 is 1.26 bits per heavy atom. The third-order valence-corrected chi connectivity index (χ3v) is 3.40. The fourth-order valence-corrected chi connectivity index (χ4v) is 2.25. The lowest BCUT2D eigenvalue weighted by atomic mass is 10.0. The monoisotopic (exact) mass is 257 g/mol. The van der Waals surface area contributed by atoms with Gasteiger partial charge in [0.1, 0.15) is 0 Å². The molecule has 102 valence electrons. The molecule has 1 atom stereocenters. The van der Waals surface area contributed by atoms with Crippen molar-refractivity contribution in [3.63, 3.8) is 0 Å². The summed E-state index contributed by atoms with van der Waals surface area (Å²) in [6, 6.07) is 11.2. The summed E-state index contributed by atoms with van der Waals surface area (Å²) in [5.74, 6) is 0. The maximum absolute atomic E-state index is 4.21. The quantitative estimate of drug-likeness (QED) is 0.771. The Hall–Kier alpha value is -1.61. The average molecular weight is 257 g/mol. The number of benzene rings is 1. The summed E-state index contributed by atoms with van der Waals surface area (Å²) < 4.78 is 1.98. The SMILES string of the molecule is CCC(NCCCn1cccn1)c1ccc(C)cc1. The molecule has 1 aromatic carbocycles. The Kier molecular flexibility index (Phi) is 5.16. The van der Waals surface area contributed by atoms with Crippen molar-refractivity contribution in [3.05, 3.63) is 53.9 Å². The second-order valence-corrected chi connectivity index (χ2v) is 4.95. The molecule has 0 saturated heterocycles. The number of hydrogen-bond acceptors (Lipinski definition) is 2. The number of hydrogen-bond donors (Lipinski definition) is 1. The van der Waals surface area contributed by atoms with E-state index in [4.69, 9.17) is 0 Å². The second kappa shape index (κ2) is 7.10. The number of aromatic nitrogens is 2. The van der Waals surface area contributed by atoms with E-state index in [1.54, 1.807) is 0 Å². The van der Waals surface area contributed by atoms with Crippen molar-refractivity contribution in [2.45, 2.75) is 39.3 Å². The Morgan fingerprint density at radius 3 is 2.68 bits per heavy atom. The molecule has 3 heteroatoms. The zero-order valence-corrected chi connectivity index (χ0v) is 11.8. The van der Waals surface area contributed by atoms with Crippen LogP contribution < -0.4 is 5.32 Å². The summed E-state index contributed by atoms with van der Waals surface area (Å²) in [4.78, 5) is 0. The standard InChI is InChI=1S/C16H23N3/c1-3-16(15-8-6-14(2)7-9-15)17-10-4-12-19-13-5-11-18-19/h5-9,11,13,16-17H,3-4,10,12H2,1-2H3. The first-order chi connectivity index (χ1) is 9.29. The van der Waals surface area contributed by atoms with Crippen LogP contribution in [0, 0.1) is 6.92 Å². The smallest absolute Gasteiger partial charge is 0.0489 e. The highest BCUT2D eigenvalue weighted by Crippen LogP contribution is 2.16. The number of rotatable bonds is 7. The molecule has 0 amide bonds. The Morgan fingerprint density at radius 2 is 2.05 bits per heavy atom. The minimum Gasteiger partial charge on any atom is -0.310 e. The van der Waals surface area contributed by atoms with Crippen LogP contribution in [0.2, 0.25) is 0 Å². The van der Waals surface area contributed by atoms with Gasteiger partial charge in [0.25, 0.3) is 0 Å². The van der Waals surface area contributed by atoms with Gasteiger partial charge >= 0.3 is 0 Å². The molecular weight excluding hydrogens is 234 g/mol. The highest BCUT2D eigenvalue weighted by Gasteiger charge is 2.07. The summed E-state index contributed by atoms with van der Waals surface area (Å²) in [6.07, 6.45) is 6.06. The van der Waals surface area contributed by atoms with Crippen molar-refractivity contribution in [3.8, 4) is 0 Å². The molecule has 1 heterocycles. The molecule has 1 aromatic heterocycles. The molecule has 19 heavy (non-hydrogen) atoms. The maximum atomic E-state index is 4.21. The average Bonchev–Trinajstić information content (AvgIpc) is 2.93. The Balaban J connectivity index is 1.77. The van der Waals surface area contributed by atoms with Crippen LogP contribution in [0.15, 0.2) is 42.7 Å². The normalized spacial score (nSPS) is 12.5. The summed E-state index contributed by atoms with van der Waals surface area (Å²) in [5, 5.41) is 7.84. The Bertz CT molecular complexity index is 459. The minimum absolute atomic E-state index is 0.457. The van der Waals surface area contributed by atoms with Gasteiger partial charge in [-0.3, -0.25) is 4.68 Å². The van der Waals surface area contributed by atoms with Crippen LogP contribution in [0.25, 0.3) is 0 Å². The van der Waals surface area contributed by atoms with Gasteiger partial charge in [-0.2, -0.15) is 5.10 Å². The molecule has 2 aromatic rings. The minimum atomic E-state index is 0.457. The molecule has 0 spiro atoms. The highest BCUT2D eigenvalue weighted by molar-refractivity contribution is 5.23. The molecule has 0 aliphatic rings. The Labute approximate surface area is 115 Å². The van der Waals surface area contributed by atoms with Gasteiger partial charge in [0, 0.05) is 25.0 Å². The van der Waals surface area contributed by atoms with Crippen LogP contribution in [-0.2, 0) is 6.54 Å². The first-order valence-corrected chi connectivity index (χ1v) is 7.07. The summed E-state index contributed by atoms with van der Waals surface area (Å²) >= 11 is 0. The number of aryl methyl sites for hydroxylation is 2. The van der Waals surface area contributed by atoms with Gasteiger partial charge in [-0.25, -0.2) is 0 Å². The van der Waals surface area contributed by atoms with E-state index in [-0.39, 0.29) is 0 Å². The van der Waals surface area contributed by atoms with Crippen LogP contribution in [0.4, 0.5) is 0 Å². The van der Waals surface area contributed by atoms with Crippen molar-refractivity contribution in [2.24, 2.45) is 0 Å². The third-order valence-electron chi connectivity index (χ3n) is 3.40. The van der Waals surface area contributed by atoms with Gasteiger partial charge in [-0.05, 0) is 37.9 Å². The van der Waals surface area contributed by atoms with Crippen molar-refractivity contribution in [2.75, 3.05) is 6.54 Å². The van der Waals surface area contributed by atoms with Crippen molar-refractivity contribution < 1.29 is 0 Å². The van der Waals surface area contributed by atoms with Gasteiger partial charge in [-0.1, -0.05) is 36.8 Å². The van der Waals surface area contributed by atoms with Crippen molar-refractivity contribution in [1.29, 1.82) is 0 Å². The van der Waals surface area contributed by atoms with E-state index in [1.165, 1.54) is 11.1 Å². The molecule has 0 fully saturated rings. The van der Waals surface area contributed by atoms with Crippen LogP contribution in [0.5, 0.6) is 0 Å². The second-order valence-electron chi connectivity index (χ2n) is 4.95. The van der Waals surface area contributed by atoms with Gasteiger partial charge in [-0.15, -0.1) is 0 Å². The van der Waals surface area contributed by atoms with E-state index in [2.05, 4.69) is 48.5 Å². The molecule has 0 saturated carbocycles. The van der Waals surface area contributed by atoms with Crippen LogP contribution >= 0.6 is 0 Å². The molecule has 3 nitrogen and oxygen atoms in total. The summed E-state index contributed by atoms with van der Waals surface area (Å²) in [7, 11) is 0. The molecule has 0 aliphatic carbocycles. The van der Waals surface area contributed by atoms with Gasteiger partial charge < -0.3 is 5.32 Å². The predicted molar refractivity (Wildman–Crippen MR) is 79.1 cm³/mol. The lowest BCUT2D eigenvalue weighted by molar-refractivity contribution is 0.479. The summed E-state index contributed by atoms with van der Waals surface area (Å²) in [5.41, 5.74) is 2.70. The first-order valence-electron chi connectivity index (χ1n) is 7.07.